The van der Waals surface area contributed by atoms with Crippen molar-refractivity contribution in [2.75, 3.05) is 13.2 Å². The van der Waals surface area contributed by atoms with E-state index in [0.29, 0.717) is 17.4 Å². The number of ether oxygens (including phenoxy) is 1. The molecule has 0 aliphatic heterocycles. The fraction of sp³-hybridized carbons (Fsp3) is 0.538. The van der Waals surface area contributed by atoms with Gasteiger partial charge in [0.1, 0.15) is 11.4 Å². The Labute approximate surface area is 106 Å². The number of nitrogens with one attached hydrogen (secondary N) is 1. The van der Waals surface area contributed by atoms with Crippen LogP contribution >= 0.6 is 0 Å². The minimum atomic E-state index is -0.194. The quantitative estimate of drug-likeness (QED) is 0.783. The summed E-state index contributed by atoms with van der Waals surface area (Å²) < 4.78 is 5.36. The number of rotatable bonds is 6. The van der Waals surface area contributed by atoms with Crippen LogP contribution in [0, 0.1) is 12.8 Å². The molecule has 0 bridgehead atoms. The zero-order chi connectivity index (χ0) is 13.0. The van der Waals surface area contributed by atoms with Crippen molar-refractivity contribution in [2.24, 2.45) is 5.92 Å². The van der Waals surface area contributed by atoms with Gasteiger partial charge >= 0.3 is 0 Å². The van der Waals surface area contributed by atoms with E-state index in [4.69, 9.17) is 9.84 Å². The first kappa shape index (κ1) is 12.8. The number of aryl methyl sites for hydroxylation is 1. The Morgan fingerprint density at radius 1 is 1.56 bits per heavy atom. The zero-order valence-corrected chi connectivity index (χ0v) is 10.5. The van der Waals surface area contributed by atoms with Gasteiger partial charge in [-0.05, 0) is 37.8 Å². The molecule has 0 radical (unpaired) electrons. The van der Waals surface area contributed by atoms with E-state index in [9.17, 15) is 4.79 Å². The van der Waals surface area contributed by atoms with E-state index >= 15 is 0 Å². The topological polar surface area (TPSA) is 71.5 Å². The molecule has 0 aromatic carbocycles. The first-order valence-corrected chi connectivity index (χ1v) is 6.16. The smallest absolute Gasteiger partial charge is 0.257 e. The summed E-state index contributed by atoms with van der Waals surface area (Å²) in [6.45, 7) is 2.34. The van der Waals surface area contributed by atoms with E-state index in [-0.39, 0.29) is 19.1 Å². The monoisotopic (exact) mass is 250 g/mol. The summed E-state index contributed by atoms with van der Waals surface area (Å²) in [5, 5.41) is 12.0. The number of hydrogen-bond acceptors (Lipinski definition) is 4. The summed E-state index contributed by atoms with van der Waals surface area (Å²) >= 11 is 0. The van der Waals surface area contributed by atoms with Gasteiger partial charge in [0.15, 0.2) is 6.61 Å². The molecule has 1 aromatic rings. The molecular weight excluding hydrogens is 232 g/mol. The third-order valence-electron chi connectivity index (χ3n) is 2.87. The highest BCUT2D eigenvalue weighted by Crippen LogP contribution is 2.27. The summed E-state index contributed by atoms with van der Waals surface area (Å²) in [7, 11) is 0. The lowest BCUT2D eigenvalue weighted by Gasteiger charge is -2.10. The SMILES string of the molecule is Cc1ccc(OCC(=O)NCC2CC2)c(CO)n1. The van der Waals surface area contributed by atoms with Crippen LogP contribution < -0.4 is 10.1 Å². The van der Waals surface area contributed by atoms with Gasteiger partial charge in [-0.15, -0.1) is 0 Å². The molecule has 98 valence electrons. The van der Waals surface area contributed by atoms with Gasteiger partial charge < -0.3 is 15.2 Å². The molecule has 1 amide bonds. The summed E-state index contributed by atoms with van der Waals surface area (Å²) in [6.07, 6.45) is 2.41. The Bertz CT molecular complexity index is 430. The minimum Gasteiger partial charge on any atom is -0.482 e. The molecular formula is C13H18N2O3. The molecule has 2 rings (SSSR count). The second-order valence-electron chi connectivity index (χ2n) is 4.59. The molecule has 1 aliphatic carbocycles. The van der Waals surface area contributed by atoms with Crippen LogP contribution in [0.25, 0.3) is 0 Å². The molecule has 1 aliphatic rings. The van der Waals surface area contributed by atoms with Crippen molar-refractivity contribution in [1.29, 1.82) is 0 Å². The first-order valence-electron chi connectivity index (χ1n) is 6.16. The molecule has 18 heavy (non-hydrogen) atoms. The Kier molecular flexibility index (Phi) is 4.15. The minimum absolute atomic E-state index is 0.0372. The number of pyridine rings is 1. The number of aliphatic hydroxyl groups excluding tert-OH is 1. The highest BCUT2D eigenvalue weighted by molar-refractivity contribution is 5.77. The van der Waals surface area contributed by atoms with Crippen LogP contribution in [-0.4, -0.2) is 29.1 Å². The zero-order valence-electron chi connectivity index (χ0n) is 10.5. The van der Waals surface area contributed by atoms with Gasteiger partial charge in [0, 0.05) is 12.2 Å². The maximum Gasteiger partial charge on any atom is 0.257 e. The molecule has 1 saturated carbocycles. The Morgan fingerprint density at radius 3 is 3.00 bits per heavy atom. The molecule has 5 heteroatoms. The molecule has 1 aromatic heterocycles. The van der Waals surface area contributed by atoms with E-state index < -0.39 is 0 Å². The van der Waals surface area contributed by atoms with Crippen molar-refractivity contribution in [3.63, 3.8) is 0 Å². The predicted molar refractivity (Wildman–Crippen MR) is 66.1 cm³/mol. The molecule has 0 saturated heterocycles. The maximum atomic E-state index is 11.5. The van der Waals surface area contributed by atoms with Gasteiger partial charge in [0.05, 0.1) is 6.61 Å². The molecule has 0 unspecified atom stereocenters. The highest BCUT2D eigenvalue weighted by Gasteiger charge is 2.21. The normalized spacial score (nSPS) is 14.3. The average Bonchev–Trinajstić information content (AvgIpc) is 3.18. The van der Waals surface area contributed by atoms with Crippen molar-refractivity contribution in [2.45, 2.75) is 26.4 Å². The van der Waals surface area contributed by atoms with E-state index in [0.717, 1.165) is 12.2 Å². The molecule has 1 fully saturated rings. The van der Waals surface area contributed by atoms with Gasteiger partial charge in [-0.1, -0.05) is 0 Å². The number of hydrogen-bond donors (Lipinski definition) is 2. The van der Waals surface area contributed by atoms with Crippen molar-refractivity contribution in [3.05, 3.63) is 23.5 Å². The van der Waals surface area contributed by atoms with E-state index in [1.54, 1.807) is 12.1 Å². The third kappa shape index (κ3) is 3.70. The van der Waals surface area contributed by atoms with Gasteiger partial charge in [-0.3, -0.25) is 9.78 Å². The summed E-state index contributed by atoms with van der Waals surface area (Å²) in [4.78, 5) is 15.6. The largest absolute Gasteiger partial charge is 0.482 e. The Hall–Kier alpha value is -1.62. The van der Waals surface area contributed by atoms with Crippen LogP contribution in [0.2, 0.25) is 0 Å². The van der Waals surface area contributed by atoms with Crippen LogP contribution in [0.1, 0.15) is 24.2 Å². The average molecular weight is 250 g/mol. The number of carbonyl (C=O) groups is 1. The second kappa shape index (κ2) is 5.82. The molecule has 0 atom stereocenters. The van der Waals surface area contributed by atoms with Crippen LogP contribution in [-0.2, 0) is 11.4 Å². The highest BCUT2D eigenvalue weighted by atomic mass is 16.5. The van der Waals surface area contributed by atoms with Crippen molar-refractivity contribution in [1.82, 2.24) is 10.3 Å². The van der Waals surface area contributed by atoms with Crippen molar-refractivity contribution >= 4 is 5.91 Å². The Balaban J connectivity index is 1.82. The van der Waals surface area contributed by atoms with Gasteiger partial charge in [0.2, 0.25) is 0 Å². The number of amides is 1. The van der Waals surface area contributed by atoms with Gasteiger partial charge in [-0.25, -0.2) is 0 Å². The lowest BCUT2D eigenvalue weighted by atomic mass is 10.3. The number of aliphatic hydroxyl groups is 1. The Morgan fingerprint density at radius 2 is 2.33 bits per heavy atom. The van der Waals surface area contributed by atoms with Crippen LogP contribution in [0.4, 0.5) is 0 Å². The lowest BCUT2D eigenvalue weighted by molar-refractivity contribution is -0.123. The van der Waals surface area contributed by atoms with E-state index in [1.165, 1.54) is 12.8 Å². The van der Waals surface area contributed by atoms with Crippen LogP contribution in [0.3, 0.4) is 0 Å². The summed E-state index contributed by atoms with van der Waals surface area (Å²) in [5.41, 5.74) is 1.27. The number of carbonyl (C=O) groups excluding carboxylic acids is 1. The number of aromatic nitrogens is 1. The van der Waals surface area contributed by atoms with Gasteiger partial charge in [-0.2, -0.15) is 0 Å². The molecule has 1 heterocycles. The maximum absolute atomic E-state index is 11.5. The summed E-state index contributed by atoms with van der Waals surface area (Å²) in [6, 6.07) is 3.51. The standard InChI is InChI=1S/C13H18N2O3/c1-9-2-5-12(11(7-16)15-9)18-8-13(17)14-6-10-3-4-10/h2,5,10,16H,3-4,6-8H2,1H3,(H,14,17). The lowest BCUT2D eigenvalue weighted by Crippen LogP contribution is -2.30. The second-order valence-corrected chi connectivity index (χ2v) is 4.59. The number of nitrogens with zero attached hydrogens (tertiary/aromatic N) is 1. The summed E-state index contributed by atoms with van der Waals surface area (Å²) in [5.74, 6) is 0.985. The molecule has 2 N–H and O–H groups in total. The molecule has 0 spiro atoms. The van der Waals surface area contributed by atoms with Crippen LogP contribution in [0.15, 0.2) is 12.1 Å². The third-order valence-corrected chi connectivity index (χ3v) is 2.87. The van der Waals surface area contributed by atoms with E-state index in [2.05, 4.69) is 10.3 Å². The van der Waals surface area contributed by atoms with Crippen molar-refractivity contribution < 1.29 is 14.6 Å². The first-order chi connectivity index (χ1) is 8.69. The molecule has 5 nitrogen and oxygen atoms in total. The van der Waals surface area contributed by atoms with Crippen LogP contribution in [0.5, 0.6) is 5.75 Å². The van der Waals surface area contributed by atoms with Crippen molar-refractivity contribution in [3.8, 4) is 5.75 Å². The fourth-order valence-electron chi connectivity index (χ4n) is 1.62. The fourth-order valence-corrected chi connectivity index (χ4v) is 1.62. The predicted octanol–water partition coefficient (Wildman–Crippen LogP) is 0.787. The van der Waals surface area contributed by atoms with Gasteiger partial charge in [0.25, 0.3) is 5.91 Å². The van der Waals surface area contributed by atoms with E-state index in [1.807, 2.05) is 6.92 Å².